The Labute approximate surface area is 101 Å². The number of nitrogens with zero attached hydrogens (tertiary/aromatic N) is 2. The summed E-state index contributed by atoms with van der Waals surface area (Å²) in [6, 6.07) is 2.25. The first-order chi connectivity index (χ1) is 8.16. The van der Waals surface area contributed by atoms with E-state index in [9.17, 15) is 4.79 Å². The number of nitrogens with one attached hydrogen (secondary N) is 1. The van der Waals surface area contributed by atoms with Gasteiger partial charge in [0.05, 0.1) is 17.8 Å². The monoisotopic (exact) mass is 236 g/mol. The SMILES string of the molecule is CC(NCc1ccn(C2CCCC2)n1)C(N)=O. The van der Waals surface area contributed by atoms with Crippen molar-refractivity contribution in [2.45, 2.75) is 51.2 Å². The number of carbonyl (C=O) groups excluding carboxylic acids is 1. The number of rotatable bonds is 5. The van der Waals surface area contributed by atoms with Crippen LogP contribution in [-0.2, 0) is 11.3 Å². The van der Waals surface area contributed by atoms with E-state index < -0.39 is 0 Å². The van der Waals surface area contributed by atoms with Crippen LogP contribution in [0.4, 0.5) is 0 Å². The van der Waals surface area contributed by atoms with E-state index in [4.69, 9.17) is 5.73 Å². The standard InChI is InChI=1S/C12H20N4O/c1-9(12(13)17)14-8-10-6-7-16(15-10)11-4-2-3-5-11/h6-7,9,11,14H,2-5,8H2,1H3,(H2,13,17). The maximum atomic E-state index is 10.9. The van der Waals surface area contributed by atoms with Gasteiger partial charge in [0, 0.05) is 12.7 Å². The lowest BCUT2D eigenvalue weighted by atomic mass is 10.3. The molecule has 0 saturated heterocycles. The van der Waals surface area contributed by atoms with Gasteiger partial charge in [0.1, 0.15) is 0 Å². The highest BCUT2D eigenvalue weighted by Gasteiger charge is 2.17. The molecule has 17 heavy (non-hydrogen) atoms. The highest BCUT2D eigenvalue weighted by atomic mass is 16.1. The Morgan fingerprint density at radius 1 is 1.65 bits per heavy atom. The smallest absolute Gasteiger partial charge is 0.234 e. The van der Waals surface area contributed by atoms with E-state index in [2.05, 4.69) is 15.1 Å². The zero-order valence-electron chi connectivity index (χ0n) is 10.2. The van der Waals surface area contributed by atoms with Crippen molar-refractivity contribution in [2.24, 2.45) is 5.73 Å². The van der Waals surface area contributed by atoms with Gasteiger partial charge in [0.15, 0.2) is 0 Å². The number of aromatic nitrogens is 2. The Balaban J connectivity index is 1.87. The molecule has 1 aliphatic carbocycles. The first kappa shape index (κ1) is 12.1. The van der Waals surface area contributed by atoms with Gasteiger partial charge in [0.2, 0.25) is 5.91 Å². The minimum Gasteiger partial charge on any atom is -0.368 e. The number of hydrogen-bond donors (Lipinski definition) is 2. The van der Waals surface area contributed by atoms with Crippen LogP contribution < -0.4 is 11.1 Å². The quantitative estimate of drug-likeness (QED) is 0.799. The molecule has 2 rings (SSSR count). The Kier molecular flexibility index (Phi) is 3.78. The van der Waals surface area contributed by atoms with Crippen LogP contribution in [0.5, 0.6) is 0 Å². The van der Waals surface area contributed by atoms with Gasteiger partial charge in [-0.1, -0.05) is 12.8 Å². The van der Waals surface area contributed by atoms with E-state index >= 15 is 0 Å². The summed E-state index contributed by atoms with van der Waals surface area (Å²) in [5.74, 6) is -0.333. The van der Waals surface area contributed by atoms with Crippen LogP contribution in [0, 0.1) is 0 Å². The van der Waals surface area contributed by atoms with Gasteiger partial charge in [-0.05, 0) is 25.8 Å². The third-order valence-electron chi connectivity index (χ3n) is 3.38. The second-order valence-electron chi connectivity index (χ2n) is 4.73. The van der Waals surface area contributed by atoms with Crippen LogP contribution in [-0.4, -0.2) is 21.7 Å². The molecule has 0 aromatic carbocycles. The molecule has 0 aliphatic heterocycles. The molecule has 0 spiro atoms. The fraction of sp³-hybridized carbons (Fsp3) is 0.667. The summed E-state index contributed by atoms with van der Waals surface area (Å²) in [7, 11) is 0. The Morgan fingerprint density at radius 3 is 3.00 bits per heavy atom. The number of nitrogens with two attached hydrogens (primary N) is 1. The average molecular weight is 236 g/mol. The molecule has 3 N–H and O–H groups in total. The predicted octanol–water partition coefficient (Wildman–Crippen LogP) is 0.962. The van der Waals surface area contributed by atoms with E-state index in [0.717, 1.165) is 5.69 Å². The highest BCUT2D eigenvalue weighted by Crippen LogP contribution is 2.28. The number of amides is 1. The van der Waals surface area contributed by atoms with Gasteiger partial charge in [-0.25, -0.2) is 0 Å². The fourth-order valence-corrected chi connectivity index (χ4v) is 2.20. The van der Waals surface area contributed by atoms with Crippen molar-refractivity contribution in [3.8, 4) is 0 Å². The molecule has 1 aliphatic rings. The van der Waals surface area contributed by atoms with Gasteiger partial charge >= 0.3 is 0 Å². The lowest BCUT2D eigenvalue weighted by Crippen LogP contribution is -2.38. The summed E-state index contributed by atoms with van der Waals surface area (Å²) in [6.07, 6.45) is 7.09. The second kappa shape index (κ2) is 5.31. The Bertz CT molecular complexity index is 382. The van der Waals surface area contributed by atoms with Gasteiger partial charge in [-0.15, -0.1) is 0 Å². The van der Waals surface area contributed by atoms with Crippen molar-refractivity contribution in [1.29, 1.82) is 0 Å². The predicted molar refractivity (Wildman–Crippen MR) is 65.2 cm³/mol. The van der Waals surface area contributed by atoms with Gasteiger partial charge < -0.3 is 11.1 Å². The highest BCUT2D eigenvalue weighted by molar-refractivity contribution is 5.79. The van der Waals surface area contributed by atoms with E-state index in [1.165, 1.54) is 25.7 Å². The zero-order chi connectivity index (χ0) is 12.3. The molecule has 1 atom stereocenters. The molecule has 1 aromatic rings. The minimum atomic E-state index is -0.333. The van der Waals surface area contributed by atoms with Crippen LogP contribution in [0.3, 0.4) is 0 Å². The molecule has 94 valence electrons. The maximum Gasteiger partial charge on any atom is 0.234 e. The molecule has 1 amide bonds. The molecule has 1 fully saturated rings. The third-order valence-corrected chi connectivity index (χ3v) is 3.38. The molecule has 1 saturated carbocycles. The van der Waals surface area contributed by atoms with Gasteiger partial charge in [-0.2, -0.15) is 5.10 Å². The zero-order valence-corrected chi connectivity index (χ0v) is 10.2. The molecule has 1 aromatic heterocycles. The van der Waals surface area contributed by atoms with Crippen molar-refractivity contribution in [2.75, 3.05) is 0 Å². The van der Waals surface area contributed by atoms with Crippen molar-refractivity contribution in [1.82, 2.24) is 15.1 Å². The largest absolute Gasteiger partial charge is 0.368 e. The normalized spacial score (nSPS) is 18.4. The number of hydrogen-bond acceptors (Lipinski definition) is 3. The van der Waals surface area contributed by atoms with Gasteiger partial charge in [-0.3, -0.25) is 9.48 Å². The van der Waals surface area contributed by atoms with Crippen molar-refractivity contribution < 1.29 is 4.79 Å². The number of primary amides is 1. The molecule has 0 bridgehead atoms. The fourth-order valence-electron chi connectivity index (χ4n) is 2.20. The summed E-state index contributed by atoms with van der Waals surface area (Å²) in [4.78, 5) is 10.9. The van der Waals surface area contributed by atoms with Crippen molar-refractivity contribution in [3.05, 3.63) is 18.0 Å². The summed E-state index contributed by atoms with van der Waals surface area (Å²) >= 11 is 0. The molecule has 1 heterocycles. The van der Waals surface area contributed by atoms with Crippen LogP contribution >= 0.6 is 0 Å². The molecule has 0 radical (unpaired) electrons. The van der Waals surface area contributed by atoms with Crippen LogP contribution in [0.2, 0.25) is 0 Å². The molecule has 5 nitrogen and oxygen atoms in total. The van der Waals surface area contributed by atoms with Crippen molar-refractivity contribution in [3.63, 3.8) is 0 Å². The van der Waals surface area contributed by atoms with Crippen LogP contribution in [0.25, 0.3) is 0 Å². The lowest BCUT2D eigenvalue weighted by Gasteiger charge is -2.10. The first-order valence-electron chi connectivity index (χ1n) is 6.23. The minimum absolute atomic E-state index is 0.313. The van der Waals surface area contributed by atoms with Crippen molar-refractivity contribution >= 4 is 5.91 Å². The molecule has 5 heteroatoms. The summed E-state index contributed by atoms with van der Waals surface area (Å²) in [5.41, 5.74) is 6.14. The lowest BCUT2D eigenvalue weighted by molar-refractivity contribution is -0.119. The topological polar surface area (TPSA) is 72.9 Å². The molecular weight excluding hydrogens is 216 g/mol. The Hall–Kier alpha value is -1.36. The Morgan fingerprint density at radius 2 is 2.35 bits per heavy atom. The second-order valence-corrected chi connectivity index (χ2v) is 4.73. The first-order valence-corrected chi connectivity index (χ1v) is 6.23. The van der Waals surface area contributed by atoms with Gasteiger partial charge in [0.25, 0.3) is 0 Å². The average Bonchev–Trinajstić information content (AvgIpc) is 2.95. The molecule has 1 unspecified atom stereocenters. The summed E-state index contributed by atoms with van der Waals surface area (Å²) < 4.78 is 2.05. The van der Waals surface area contributed by atoms with E-state index in [1.807, 2.05) is 12.3 Å². The third kappa shape index (κ3) is 3.06. The van der Waals surface area contributed by atoms with Crippen LogP contribution in [0.1, 0.15) is 44.3 Å². The summed E-state index contributed by atoms with van der Waals surface area (Å²) in [6.45, 7) is 2.35. The summed E-state index contributed by atoms with van der Waals surface area (Å²) in [5, 5.41) is 7.58. The van der Waals surface area contributed by atoms with E-state index in [-0.39, 0.29) is 11.9 Å². The molecular formula is C12H20N4O. The van der Waals surface area contributed by atoms with E-state index in [0.29, 0.717) is 12.6 Å². The maximum absolute atomic E-state index is 10.9. The van der Waals surface area contributed by atoms with E-state index in [1.54, 1.807) is 6.92 Å². The van der Waals surface area contributed by atoms with Crippen LogP contribution in [0.15, 0.2) is 12.3 Å². The number of carbonyl (C=O) groups is 1.